The molecule has 0 saturated carbocycles. The summed E-state index contributed by atoms with van der Waals surface area (Å²) in [5.74, 6) is 0. The van der Waals surface area contributed by atoms with Crippen LogP contribution in [0.4, 0.5) is 5.69 Å². The van der Waals surface area contributed by atoms with Crippen LogP contribution < -0.4 is 5.32 Å². The fourth-order valence-electron chi connectivity index (χ4n) is 2.56. The lowest BCUT2D eigenvalue weighted by Crippen LogP contribution is -1.94. The second kappa shape index (κ2) is 4.73. The van der Waals surface area contributed by atoms with Gasteiger partial charge in [-0.1, -0.05) is 0 Å². The minimum absolute atomic E-state index is 0.923. The number of fused-ring (bicyclic) bond motifs is 2. The molecule has 0 aliphatic heterocycles. The molecule has 0 fully saturated rings. The lowest BCUT2D eigenvalue weighted by molar-refractivity contribution is 1.18. The van der Waals surface area contributed by atoms with E-state index in [1.54, 1.807) is 0 Å². The molecule has 0 spiro atoms. The lowest BCUT2D eigenvalue weighted by Gasteiger charge is -2.06. The summed E-state index contributed by atoms with van der Waals surface area (Å²) >= 11 is 2.34. The standard InChI is InChI=1S/C15H12IN5/c1-17-9-2-3-14-20-7-13(21(14)8-9)10-4-18-6-12-15(10)11(16)5-19-12/h2-8,17,19H,1H3. The number of hydrogen-bond acceptors (Lipinski definition) is 3. The van der Waals surface area contributed by atoms with E-state index in [-0.39, 0.29) is 0 Å². The van der Waals surface area contributed by atoms with Crippen LogP contribution in [0.3, 0.4) is 0 Å². The van der Waals surface area contributed by atoms with Gasteiger partial charge in [0, 0.05) is 40.2 Å². The molecule has 4 rings (SSSR count). The second-order valence-electron chi connectivity index (χ2n) is 4.79. The fraction of sp³-hybridized carbons (Fsp3) is 0.0667. The first-order valence-electron chi connectivity index (χ1n) is 6.54. The molecule has 2 N–H and O–H groups in total. The van der Waals surface area contributed by atoms with Crippen LogP contribution in [0.25, 0.3) is 27.8 Å². The highest BCUT2D eigenvalue weighted by atomic mass is 127. The average molecular weight is 389 g/mol. The Balaban J connectivity index is 2.06. The van der Waals surface area contributed by atoms with Crippen LogP contribution in [-0.4, -0.2) is 26.4 Å². The zero-order valence-corrected chi connectivity index (χ0v) is 13.4. The van der Waals surface area contributed by atoms with Gasteiger partial charge in [-0.05, 0) is 34.7 Å². The van der Waals surface area contributed by atoms with Gasteiger partial charge < -0.3 is 10.3 Å². The summed E-state index contributed by atoms with van der Waals surface area (Å²) in [5, 5.41) is 4.34. The molecular weight excluding hydrogens is 377 g/mol. The molecule has 0 bridgehead atoms. The molecule has 0 atom stereocenters. The van der Waals surface area contributed by atoms with Gasteiger partial charge in [-0.3, -0.25) is 9.38 Å². The highest BCUT2D eigenvalue weighted by Gasteiger charge is 2.13. The molecule has 5 nitrogen and oxygen atoms in total. The maximum atomic E-state index is 4.49. The second-order valence-corrected chi connectivity index (χ2v) is 5.95. The topological polar surface area (TPSA) is 58.0 Å². The van der Waals surface area contributed by atoms with Gasteiger partial charge in [0.15, 0.2) is 0 Å². The third-order valence-corrected chi connectivity index (χ3v) is 4.46. The van der Waals surface area contributed by atoms with Crippen molar-refractivity contribution in [3.63, 3.8) is 0 Å². The minimum atomic E-state index is 0.923. The highest BCUT2D eigenvalue weighted by Crippen LogP contribution is 2.31. The van der Waals surface area contributed by atoms with Crippen molar-refractivity contribution in [2.75, 3.05) is 12.4 Å². The molecule has 6 heteroatoms. The van der Waals surface area contributed by atoms with E-state index in [9.17, 15) is 0 Å². The molecule has 0 radical (unpaired) electrons. The van der Waals surface area contributed by atoms with Crippen LogP contribution in [0.2, 0.25) is 0 Å². The summed E-state index contributed by atoms with van der Waals surface area (Å²) in [4.78, 5) is 12.1. The maximum Gasteiger partial charge on any atom is 0.137 e. The number of nitrogens with zero attached hydrogens (tertiary/aromatic N) is 3. The van der Waals surface area contributed by atoms with E-state index in [1.165, 1.54) is 8.96 Å². The normalized spacial score (nSPS) is 11.3. The molecule has 4 aromatic rings. The number of H-pyrrole nitrogens is 1. The van der Waals surface area contributed by atoms with E-state index < -0.39 is 0 Å². The van der Waals surface area contributed by atoms with Gasteiger partial charge >= 0.3 is 0 Å². The quantitative estimate of drug-likeness (QED) is 0.516. The number of aromatic amines is 1. The number of aromatic nitrogens is 4. The zero-order valence-electron chi connectivity index (χ0n) is 11.3. The number of rotatable bonds is 2. The van der Waals surface area contributed by atoms with Gasteiger partial charge in [-0.2, -0.15) is 0 Å². The first-order chi connectivity index (χ1) is 10.3. The van der Waals surface area contributed by atoms with E-state index >= 15 is 0 Å². The summed E-state index contributed by atoms with van der Waals surface area (Å²) in [7, 11) is 1.91. The molecule has 4 aromatic heterocycles. The van der Waals surface area contributed by atoms with E-state index in [0.717, 1.165) is 28.1 Å². The molecule has 0 aliphatic carbocycles. The molecule has 104 valence electrons. The van der Waals surface area contributed by atoms with Crippen molar-refractivity contribution in [3.05, 3.63) is 46.7 Å². The van der Waals surface area contributed by atoms with Crippen LogP contribution >= 0.6 is 22.6 Å². The van der Waals surface area contributed by atoms with Gasteiger partial charge in [0.25, 0.3) is 0 Å². The molecule has 0 aliphatic rings. The van der Waals surface area contributed by atoms with Crippen molar-refractivity contribution < 1.29 is 0 Å². The monoisotopic (exact) mass is 389 g/mol. The van der Waals surface area contributed by atoms with E-state index in [0.29, 0.717) is 0 Å². The Morgan fingerprint density at radius 1 is 1.24 bits per heavy atom. The van der Waals surface area contributed by atoms with Gasteiger partial charge in [0.05, 0.1) is 29.3 Å². The number of hydrogen-bond donors (Lipinski definition) is 2. The van der Waals surface area contributed by atoms with E-state index in [4.69, 9.17) is 0 Å². The number of pyridine rings is 2. The van der Waals surface area contributed by atoms with Crippen molar-refractivity contribution >= 4 is 44.8 Å². The van der Waals surface area contributed by atoms with E-state index in [1.807, 2.05) is 44.0 Å². The predicted molar refractivity (Wildman–Crippen MR) is 92.5 cm³/mol. The van der Waals surface area contributed by atoms with Gasteiger partial charge in [-0.25, -0.2) is 4.98 Å². The molecule has 0 unspecified atom stereocenters. The van der Waals surface area contributed by atoms with Crippen LogP contribution in [0.5, 0.6) is 0 Å². The number of nitrogens with one attached hydrogen (secondary N) is 2. The molecule has 4 heterocycles. The summed E-state index contributed by atoms with van der Waals surface area (Å²) in [6.07, 6.45) is 9.69. The molecule has 0 amide bonds. The molecule has 0 aromatic carbocycles. The van der Waals surface area contributed by atoms with Crippen LogP contribution in [-0.2, 0) is 0 Å². The smallest absolute Gasteiger partial charge is 0.137 e. The average Bonchev–Trinajstić information content (AvgIpc) is 3.10. The van der Waals surface area contributed by atoms with E-state index in [2.05, 4.69) is 53.5 Å². The Morgan fingerprint density at radius 2 is 2.14 bits per heavy atom. The Labute approximate surface area is 134 Å². The third kappa shape index (κ3) is 1.90. The molecule has 0 saturated heterocycles. The van der Waals surface area contributed by atoms with Gasteiger partial charge in [-0.15, -0.1) is 0 Å². The van der Waals surface area contributed by atoms with Crippen molar-refractivity contribution in [1.82, 2.24) is 19.4 Å². The van der Waals surface area contributed by atoms with Crippen molar-refractivity contribution in [2.45, 2.75) is 0 Å². The molecule has 21 heavy (non-hydrogen) atoms. The van der Waals surface area contributed by atoms with Crippen molar-refractivity contribution in [1.29, 1.82) is 0 Å². The first kappa shape index (κ1) is 12.6. The Bertz CT molecular complexity index is 953. The zero-order chi connectivity index (χ0) is 14.4. The highest BCUT2D eigenvalue weighted by molar-refractivity contribution is 14.1. The summed E-state index contributed by atoms with van der Waals surface area (Å²) in [5.41, 5.74) is 5.13. The summed E-state index contributed by atoms with van der Waals surface area (Å²) in [6, 6.07) is 4.02. The Kier molecular flexibility index (Phi) is 2.85. The molecular formula is C15H12IN5. The third-order valence-electron chi connectivity index (χ3n) is 3.61. The summed E-state index contributed by atoms with van der Waals surface area (Å²) in [6.45, 7) is 0. The number of anilines is 1. The van der Waals surface area contributed by atoms with Crippen LogP contribution in [0.1, 0.15) is 0 Å². The SMILES string of the molecule is CNc1ccc2ncc(-c3cncc4[nH]cc(I)c34)n2c1. The van der Waals surface area contributed by atoms with Gasteiger partial charge in [0.2, 0.25) is 0 Å². The predicted octanol–water partition coefficient (Wildman–Crippen LogP) is 3.52. The number of imidazole rings is 1. The largest absolute Gasteiger partial charge is 0.387 e. The Morgan fingerprint density at radius 3 is 3.00 bits per heavy atom. The van der Waals surface area contributed by atoms with Crippen LogP contribution in [0, 0.1) is 3.57 Å². The van der Waals surface area contributed by atoms with Crippen molar-refractivity contribution in [3.8, 4) is 11.3 Å². The van der Waals surface area contributed by atoms with Gasteiger partial charge in [0.1, 0.15) is 5.65 Å². The first-order valence-corrected chi connectivity index (χ1v) is 7.61. The summed E-state index contributed by atoms with van der Waals surface area (Å²) < 4.78 is 3.27. The van der Waals surface area contributed by atoms with Crippen molar-refractivity contribution in [2.24, 2.45) is 0 Å². The fourth-order valence-corrected chi connectivity index (χ4v) is 3.30. The lowest BCUT2D eigenvalue weighted by atomic mass is 10.1. The number of halogens is 1. The Hall–Kier alpha value is -2.09. The minimum Gasteiger partial charge on any atom is -0.387 e. The van der Waals surface area contributed by atoms with Crippen LogP contribution in [0.15, 0.2) is 43.1 Å². The maximum absolute atomic E-state index is 4.49.